The second-order valence-electron chi connectivity index (χ2n) is 7.27. The normalized spacial score (nSPS) is 15.6. The molecule has 0 spiro atoms. The average molecular weight is 335 g/mol. The predicted molar refractivity (Wildman–Crippen MR) is 104 cm³/mol. The summed E-state index contributed by atoms with van der Waals surface area (Å²) in [5.41, 5.74) is 5.19. The zero-order valence-corrected chi connectivity index (χ0v) is 14.7. The number of fused-ring (bicyclic) bond motifs is 1. The average Bonchev–Trinajstić information content (AvgIpc) is 2.93. The number of hydrogen-bond donors (Lipinski definition) is 2. The van der Waals surface area contributed by atoms with Gasteiger partial charge in [0, 0.05) is 17.9 Å². The fourth-order valence-corrected chi connectivity index (χ4v) is 3.85. The molecule has 0 bridgehead atoms. The number of benzene rings is 2. The minimum absolute atomic E-state index is 0.00746. The van der Waals surface area contributed by atoms with E-state index < -0.39 is 0 Å². The zero-order valence-electron chi connectivity index (χ0n) is 14.7. The molecule has 1 aliphatic carbocycles. The number of nitrogens with one attached hydrogen (secondary N) is 2. The van der Waals surface area contributed by atoms with Crippen LogP contribution in [0.2, 0.25) is 0 Å². The van der Waals surface area contributed by atoms with E-state index in [0.29, 0.717) is 5.92 Å². The summed E-state index contributed by atoms with van der Waals surface area (Å²) >= 11 is 0. The van der Waals surface area contributed by atoms with Crippen LogP contribution in [0.25, 0.3) is 11.0 Å². The van der Waals surface area contributed by atoms with Crippen molar-refractivity contribution in [3.63, 3.8) is 0 Å². The second-order valence-corrected chi connectivity index (χ2v) is 7.27. The van der Waals surface area contributed by atoms with Gasteiger partial charge in [-0.1, -0.05) is 37.0 Å². The van der Waals surface area contributed by atoms with Gasteiger partial charge in [-0.15, -0.1) is 0 Å². The van der Waals surface area contributed by atoms with E-state index in [4.69, 9.17) is 0 Å². The first-order valence-corrected chi connectivity index (χ1v) is 9.25. The molecule has 25 heavy (non-hydrogen) atoms. The summed E-state index contributed by atoms with van der Waals surface area (Å²) in [6.07, 6.45) is 6.42. The van der Waals surface area contributed by atoms with Crippen LogP contribution in [0.5, 0.6) is 0 Å². The maximum Gasteiger partial charge on any atom is 0.326 e. The predicted octanol–water partition coefficient (Wildman–Crippen LogP) is 4.96. The highest BCUT2D eigenvalue weighted by atomic mass is 16.1. The highest BCUT2D eigenvalue weighted by molar-refractivity contribution is 5.80. The summed E-state index contributed by atoms with van der Waals surface area (Å²) < 4.78 is 1.92. The molecule has 130 valence electrons. The number of rotatable bonds is 4. The number of anilines is 2. The van der Waals surface area contributed by atoms with Crippen LogP contribution in [-0.4, -0.2) is 9.55 Å². The van der Waals surface area contributed by atoms with Gasteiger partial charge in [0.05, 0.1) is 11.0 Å². The molecular formula is C21H25N3O. The van der Waals surface area contributed by atoms with Crippen LogP contribution in [0.15, 0.2) is 47.3 Å². The second kappa shape index (κ2) is 6.79. The van der Waals surface area contributed by atoms with Crippen molar-refractivity contribution in [2.75, 3.05) is 5.32 Å². The Kier molecular flexibility index (Phi) is 4.35. The van der Waals surface area contributed by atoms with Gasteiger partial charge in [-0.25, -0.2) is 4.79 Å². The number of aromatic nitrogens is 2. The lowest BCUT2D eigenvalue weighted by atomic mass is 9.89. The highest BCUT2D eigenvalue weighted by Crippen LogP contribution is 2.26. The van der Waals surface area contributed by atoms with E-state index in [1.165, 1.54) is 37.7 Å². The van der Waals surface area contributed by atoms with Crippen LogP contribution in [0.4, 0.5) is 11.4 Å². The maximum atomic E-state index is 12.4. The van der Waals surface area contributed by atoms with Crippen molar-refractivity contribution >= 4 is 22.4 Å². The Bertz CT molecular complexity index is 914. The molecule has 0 aliphatic heterocycles. The van der Waals surface area contributed by atoms with Crippen molar-refractivity contribution in [2.45, 2.75) is 45.6 Å². The topological polar surface area (TPSA) is 49.8 Å². The molecule has 1 aliphatic rings. The number of hydrogen-bond acceptors (Lipinski definition) is 2. The Hall–Kier alpha value is -2.49. The molecule has 0 unspecified atom stereocenters. The Balaban J connectivity index is 1.59. The van der Waals surface area contributed by atoms with Gasteiger partial charge in [0.2, 0.25) is 0 Å². The molecule has 1 saturated carbocycles. The van der Waals surface area contributed by atoms with Gasteiger partial charge >= 0.3 is 5.69 Å². The number of nitrogens with zero attached hydrogens (tertiary/aromatic N) is 1. The summed E-state index contributed by atoms with van der Waals surface area (Å²) in [6.45, 7) is 2.92. The fraction of sp³-hybridized carbons (Fsp3) is 0.381. The van der Waals surface area contributed by atoms with E-state index in [-0.39, 0.29) is 5.69 Å². The zero-order chi connectivity index (χ0) is 17.2. The van der Waals surface area contributed by atoms with E-state index in [1.54, 1.807) is 0 Å². The molecule has 2 aromatic carbocycles. The first kappa shape index (κ1) is 16.0. The first-order chi connectivity index (χ1) is 12.2. The fourth-order valence-electron chi connectivity index (χ4n) is 3.85. The van der Waals surface area contributed by atoms with Crippen molar-refractivity contribution in [2.24, 2.45) is 5.92 Å². The van der Waals surface area contributed by atoms with Gasteiger partial charge in [-0.3, -0.25) is 4.57 Å². The molecule has 0 radical (unpaired) electrons. The van der Waals surface area contributed by atoms with E-state index in [2.05, 4.69) is 41.5 Å². The van der Waals surface area contributed by atoms with Crippen molar-refractivity contribution in [3.05, 3.63) is 58.5 Å². The molecule has 3 aromatic rings. The third-order valence-electron chi connectivity index (χ3n) is 5.28. The Morgan fingerprint density at radius 3 is 2.52 bits per heavy atom. The van der Waals surface area contributed by atoms with Crippen LogP contribution in [0, 0.1) is 12.8 Å². The Morgan fingerprint density at radius 1 is 1.04 bits per heavy atom. The molecule has 1 heterocycles. The minimum atomic E-state index is 0.00746. The summed E-state index contributed by atoms with van der Waals surface area (Å²) in [6, 6.07) is 14.4. The van der Waals surface area contributed by atoms with Crippen LogP contribution >= 0.6 is 0 Å². The summed E-state index contributed by atoms with van der Waals surface area (Å²) in [5, 5.41) is 3.40. The van der Waals surface area contributed by atoms with Crippen molar-refractivity contribution in [3.8, 4) is 0 Å². The Labute approximate surface area is 147 Å². The molecule has 0 saturated heterocycles. The number of H-pyrrole nitrogens is 1. The lowest BCUT2D eigenvalue weighted by Crippen LogP contribution is -2.22. The van der Waals surface area contributed by atoms with Gasteiger partial charge in [-0.2, -0.15) is 0 Å². The van der Waals surface area contributed by atoms with Crippen LogP contribution in [0.3, 0.4) is 0 Å². The summed E-state index contributed by atoms with van der Waals surface area (Å²) in [4.78, 5) is 15.4. The SMILES string of the molecule is Cc1ccc(Nc2ccc3c(c2)[nH]c(=O)n3CC2CCCCC2)cc1. The van der Waals surface area contributed by atoms with Crippen molar-refractivity contribution in [1.82, 2.24) is 9.55 Å². The summed E-state index contributed by atoms with van der Waals surface area (Å²) in [7, 11) is 0. The molecular weight excluding hydrogens is 310 g/mol. The molecule has 1 aromatic heterocycles. The van der Waals surface area contributed by atoms with Gasteiger partial charge < -0.3 is 10.3 Å². The minimum Gasteiger partial charge on any atom is -0.355 e. The molecule has 4 heteroatoms. The van der Waals surface area contributed by atoms with Crippen LogP contribution in [0.1, 0.15) is 37.7 Å². The van der Waals surface area contributed by atoms with E-state index in [1.807, 2.05) is 22.8 Å². The van der Waals surface area contributed by atoms with Crippen molar-refractivity contribution in [1.29, 1.82) is 0 Å². The lowest BCUT2D eigenvalue weighted by Gasteiger charge is -2.21. The number of imidazole rings is 1. The Morgan fingerprint density at radius 2 is 1.76 bits per heavy atom. The molecule has 4 nitrogen and oxygen atoms in total. The standard InChI is InChI=1S/C21H25N3O/c1-15-7-9-17(10-8-15)22-18-11-12-20-19(13-18)23-21(25)24(20)14-16-5-3-2-4-6-16/h7-13,16,22H,2-6,14H2,1H3,(H,23,25). The van der Waals surface area contributed by atoms with Crippen molar-refractivity contribution < 1.29 is 0 Å². The van der Waals surface area contributed by atoms with Crippen LogP contribution < -0.4 is 11.0 Å². The highest BCUT2D eigenvalue weighted by Gasteiger charge is 2.16. The largest absolute Gasteiger partial charge is 0.355 e. The summed E-state index contributed by atoms with van der Waals surface area (Å²) in [5.74, 6) is 0.635. The first-order valence-electron chi connectivity index (χ1n) is 9.25. The molecule has 4 rings (SSSR count). The van der Waals surface area contributed by atoms with E-state index >= 15 is 0 Å². The van der Waals surface area contributed by atoms with Gasteiger partial charge in [0.1, 0.15) is 0 Å². The number of aromatic amines is 1. The van der Waals surface area contributed by atoms with Crippen LogP contribution in [-0.2, 0) is 6.54 Å². The van der Waals surface area contributed by atoms with E-state index in [0.717, 1.165) is 29.0 Å². The third kappa shape index (κ3) is 3.48. The van der Waals surface area contributed by atoms with E-state index in [9.17, 15) is 4.79 Å². The quantitative estimate of drug-likeness (QED) is 0.708. The lowest BCUT2D eigenvalue weighted by molar-refractivity contribution is 0.319. The third-order valence-corrected chi connectivity index (χ3v) is 5.28. The smallest absolute Gasteiger partial charge is 0.326 e. The molecule has 0 atom stereocenters. The van der Waals surface area contributed by atoms with Gasteiger partial charge in [0.15, 0.2) is 0 Å². The van der Waals surface area contributed by atoms with Gasteiger partial charge in [-0.05, 0) is 56.0 Å². The van der Waals surface area contributed by atoms with Gasteiger partial charge in [0.25, 0.3) is 0 Å². The molecule has 1 fully saturated rings. The molecule has 2 N–H and O–H groups in total. The monoisotopic (exact) mass is 335 g/mol. The maximum absolute atomic E-state index is 12.4. The molecule has 0 amide bonds. The number of aryl methyl sites for hydroxylation is 1.